The molecule has 0 aromatic rings. The van der Waals surface area contributed by atoms with Gasteiger partial charge in [-0.2, -0.15) is 0 Å². The second-order valence-corrected chi connectivity index (χ2v) is 11.0. The van der Waals surface area contributed by atoms with Gasteiger partial charge in [-0.3, -0.25) is 0 Å². The third-order valence-corrected chi connectivity index (χ3v) is 5.01. The number of hydrogen-bond acceptors (Lipinski definition) is 16. The average molecular weight is 708 g/mol. The minimum absolute atomic E-state index is 0. The molecule has 0 aromatic carbocycles. The van der Waals surface area contributed by atoms with Crippen LogP contribution in [0.1, 0.15) is 27.7 Å². The van der Waals surface area contributed by atoms with Gasteiger partial charge in [-0.15, -0.1) is 0 Å². The van der Waals surface area contributed by atoms with Crippen LogP contribution in [-0.2, 0) is 40.5 Å². The Labute approximate surface area is 188 Å². The molecule has 0 saturated heterocycles. The Kier molecular flexibility index (Phi) is 22.1. The zero-order valence-corrected chi connectivity index (χ0v) is 22.3. The fraction of sp³-hybridized carbons (Fsp3) is 1.00. The van der Waals surface area contributed by atoms with E-state index >= 15 is 0 Å². The van der Waals surface area contributed by atoms with Crippen molar-refractivity contribution in [1.82, 2.24) is 0 Å². The van der Waals surface area contributed by atoms with Crippen molar-refractivity contribution < 1.29 is 72.3 Å². The van der Waals surface area contributed by atoms with E-state index in [0.29, 0.717) is 0 Å². The largest absolute Gasteiger partial charge is 0.746 e. The van der Waals surface area contributed by atoms with Gasteiger partial charge in [0.25, 0.3) is 0 Å². The van der Waals surface area contributed by atoms with Gasteiger partial charge in [-0.1, -0.05) is 0 Å². The second-order valence-electron chi connectivity index (χ2n) is 4.37. The van der Waals surface area contributed by atoms with Crippen molar-refractivity contribution >= 4 is 67.8 Å². The predicted molar refractivity (Wildman–Crippen MR) is 91.3 cm³/mol. The predicted octanol–water partition coefficient (Wildman–Crippen LogP) is -4.90. The normalized spacial score (nSPS) is 15.9. The van der Waals surface area contributed by atoms with E-state index in [-0.39, 0.29) is 27.3 Å². The van der Waals surface area contributed by atoms with Gasteiger partial charge in [-0.05, 0) is 27.7 Å². The fourth-order valence-corrected chi connectivity index (χ4v) is 0. The van der Waals surface area contributed by atoms with Crippen LogP contribution >= 0.6 is 0 Å². The fourth-order valence-electron chi connectivity index (χ4n) is 0. The SMILES string of the molecule is CC(O)S(=O)(=O)[O-].CC(O)S(=O)(=O)[O-].CC(O)S(=O)(=O)[O-].CC(O)S(=O)(=O)[O-].[Pb]. The first kappa shape index (κ1) is 39.8. The topological polar surface area (TPSA) is 310 Å². The molecule has 0 aromatic heterocycles. The Balaban J connectivity index is -0.0000000873. The summed E-state index contributed by atoms with van der Waals surface area (Å²) in [5.41, 5.74) is -7.14. The van der Waals surface area contributed by atoms with Gasteiger partial charge >= 0.3 is 0 Å². The van der Waals surface area contributed by atoms with Gasteiger partial charge in [0.15, 0.2) is 0 Å². The molecule has 0 bridgehead atoms. The van der Waals surface area contributed by atoms with E-state index in [1.54, 1.807) is 0 Å². The van der Waals surface area contributed by atoms with Gasteiger partial charge in [0, 0.05) is 27.3 Å². The first-order valence-corrected chi connectivity index (χ1v) is 12.2. The molecule has 0 rings (SSSR count). The standard InChI is InChI=1S/4C2H6O4S.Pb/c4*1-2(3)7(4,5)6;/h4*2-3H,1H3,(H,4,5,6);/p-4. The molecule has 29 heavy (non-hydrogen) atoms. The summed E-state index contributed by atoms with van der Waals surface area (Å²) in [5.74, 6) is 0. The van der Waals surface area contributed by atoms with Crippen molar-refractivity contribution in [2.24, 2.45) is 0 Å². The molecule has 4 radical (unpaired) electrons. The first-order valence-electron chi connectivity index (χ1n) is 6.29. The molecule has 0 saturated carbocycles. The molecule has 0 aliphatic heterocycles. The molecule has 16 nitrogen and oxygen atoms in total. The van der Waals surface area contributed by atoms with Crippen LogP contribution in [0.2, 0.25) is 0 Å². The quantitative estimate of drug-likeness (QED) is 0.157. The van der Waals surface area contributed by atoms with Gasteiger partial charge in [-0.25, -0.2) is 33.7 Å². The molecule has 0 heterocycles. The van der Waals surface area contributed by atoms with Crippen LogP contribution in [0.5, 0.6) is 0 Å². The summed E-state index contributed by atoms with van der Waals surface area (Å²) in [7, 11) is -17.7. The smallest absolute Gasteiger partial charge is 0.140 e. The van der Waals surface area contributed by atoms with Gasteiger partial charge in [0.2, 0.25) is 0 Å². The van der Waals surface area contributed by atoms with Gasteiger partial charge in [0.05, 0.1) is 0 Å². The zero-order chi connectivity index (χ0) is 24.3. The third-order valence-electron chi connectivity index (χ3n) is 1.67. The number of aliphatic hydroxyl groups is 4. The van der Waals surface area contributed by atoms with E-state index in [1.807, 2.05) is 0 Å². The van der Waals surface area contributed by atoms with E-state index in [4.69, 9.17) is 20.4 Å². The molecule has 180 valence electrons. The summed E-state index contributed by atoms with van der Waals surface area (Å²) in [6, 6.07) is 0. The van der Waals surface area contributed by atoms with Crippen LogP contribution in [0, 0.1) is 0 Å². The molecular weight excluding hydrogens is 688 g/mol. The molecule has 0 fully saturated rings. The molecule has 0 aliphatic rings. The Bertz CT molecular complexity index is 677. The molecule has 0 amide bonds. The maximum absolute atomic E-state index is 9.53. The van der Waals surface area contributed by atoms with Crippen molar-refractivity contribution in [2.45, 2.75) is 49.4 Å². The number of rotatable bonds is 4. The molecule has 0 aliphatic carbocycles. The van der Waals surface area contributed by atoms with Crippen LogP contribution in [0.25, 0.3) is 0 Å². The number of hydrogen-bond donors (Lipinski definition) is 4. The Hall–Kier alpha value is 0.402. The Morgan fingerprint density at radius 1 is 0.448 bits per heavy atom. The summed E-state index contributed by atoms with van der Waals surface area (Å²) in [5, 5.41) is 32.0. The van der Waals surface area contributed by atoms with Crippen LogP contribution in [-0.4, -0.2) is 121 Å². The molecule has 4 atom stereocenters. The van der Waals surface area contributed by atoms with Crippen molar-refractivity contribution in [1.29, 1.82) is 0 Å². The average Bonchev–Trinajstić information content (AvgIpc) is 2.35. The van der Waals surface area contributed by atoms with Crippen molar-refractivity contribution in [3.63, 3.8) is 0 Å². The second kappa shape index (κ2) is 16.1. The molecular formula is C8H20O16PbS4-4. The van der Waals surface area contributed by atoms with E-state index < -0.39 is 62.2 Å². The zero-order valence-electron chi connectivity index (χ0n) is 15.1. The van der Waals surface area contributed by atoms with E-state index in [9.17, 15) is 51.9 Å². The van der Waals surface area contributed by atoms with Crippen LogP contribution in [0.4, 0.5) is 0 Å². The first-order chi connectivity index (χ1) is 11.8. The summed E-state index contributed by atoms with van der Waals surface area (Å²) in [4.78, 5) is 0. The number of aliphatic hydroxyl groups excluding tert-OH is 4. The summed E-state index contributed by atoms with van der Waals surface area (Å²) < 4.78 is 114. The Morgan fingerprint density at radius 3 is 0.483 bits per heavy atom. The van der Waals surface area contributed by atoms with Crippen LogP contribution in [0.15, 0.2) is 0 Å². The van der Waals surface area contributed by atoms with Crippen molar-refractivity contribution in [3.05, 3.63) is 0 Å². The minimum atomic E-state index is -4.44. The monoisotopic (exact) mass is 708 g/mol. The van der Waals surface area contributed by atoms with Crippen LogP contribution < -0.4 is 0 Å². The van der Waals surface area contributed by atoms with Crippen molar-refractivity contribution in [3.8, 4) is 0 Å². The summed E-state index contributed by atoms with van der Waals surface area (Å²) >= 11 is 0. The summed E-state index contributed by atoms with van der Waals surface area (Å²) in [6.45, 7) is 3.62. The molecule has 4 unspecified atom stereocenters. The van der Waals surface area contributed by atoms with E-state index in [2.05, 4.69) is 0 Å². The maximum Gasteiger partial charge on any atom is 0.140 e. The molecule has 21 heteroatoms. The minimum Gasteiger partial charge on any atom is -0.746 e. The van der Waals surface area contributed by atoms with Crippen LogP contribution in [0.3, 0.4) is 0 Å². The van der Waals surface area contributed by atoms with Gasteiger partial charge < -0.3 is 38.6 Å². The molecule has 0 spiro atoms. The summed E-state index contributed by atoms with van der Waals surface area (Å²) in [6.07, 6.45) is 0. The van der Waals surface area contributed by atoms with E-state index in [0.717, 1.165) is 27.7 Å². The van der Waals surface area contributed by atoms with E-state index in [1.165, 1.54) is 0 Å². The van der Waals surface area contributed by atoms with Gasteiger partial charge in [0.1, 0.15) is 62.2 Å². The Morgan fingerprint density at radius 2 is 0.483 bits per heavy atom. The van der Waals surface area contributed by atoms with Crippen molar-refractivity contribution in [2.75, 3.05) is 0 Å². The molecule has 4 N–H and O–H groups in total. The third kappa shape index (κ3) is 33.2. The maximum atomic E-state index is 9.53.